The van der Waals surface area contributed by atoms with Gasteiger partial charge in [0.2, 0.25) is 5.82 Å². The highest BCUT2D eigenvalue weighted by atomic mass is 32.2. The maximum Gasteiger partial charge on any atom is 0.449 e. The van der Waals surface area contributed by atoms with Crippen LogP contribution in [0.4, 0.5) is 13.2 Å². The fraction of sp³-hybridized carbons (Fsp3) is 0.824. The molecule has 0 saturated carbocycles. The number of rotatable bonds is 9. The molecule has 0 bridgehead atoms. The maximum atomic E-state index is 13.4. The van der Waals surface area contributed by atoms with E-state index in [0.717, 1.165) is 10.6 Å². The van der Waals surface area contributed by atoms with E-state index in [1.807, 2.05) is 6.92 Å². The van der Waals surface area contributed by atoms with Gasteiger partial charge in [-0.25, -0.2) is 4.98 Å². The van der Waals surface area contributed by atoms with Crippen molar-refractivity contribution < 1.29 is 22.5 Å². The molecule has 0 amide bonds. The quantitative estimate of drug-likeness (QED) is 0.352. The molecule has 0 aliphatic carbocycles. The summed E-state index contributed by atoms with van der Waals surface area (Å²) < 4.78 is 61.3. The van der Waals surface area contributed by atoms with E-state index in [-0.39, 0.29) is 12.4 Å². The van der Waals surface area contributed by atoms with Gasteiger partial charge in [-0.1, -0.05) is 26.6 Å². The molecule has 0 aliphatic heterocycles. The van der Waals surface area contributed by atoms with Crippen molar-refractivity contribution in [1.82, 2.24) is 14.3 Å². The number of hydrogen-bond donors (Lipinski definition) is 1. The molecule has 0 fully saturated rings. The van der Waals surface area contributed by atoms with Crippen molar-refractivity contribution in [2.45, 2.75) is 83.5 Å². The molecule has 5 nitrogen and oxygen atoms in total. The van der Waals surface area contributed by atoms with Crippen LogP contribution in [0.3, 0.4) is 0 Å². The average Bonchev–Trinajstić information content (AvgIpc) is 2.91. The fourth-order valence-corrected chi connectivity index (χ4v) is 3.78. The van der Waals surface area contributed by atoms with Crippen LogP contribution >= 0.6 is 0 Å². The first-order chi connectivity index (χ1) is 12.1. The number of alkyl halides is 3. The maximum absolute atomic E-state index is 13.4. The summed E-state index contributed by atoms with van der Waals surface area (Å²) in [5, 5.41) is 0. The monoisotopic (exact) mass is 427 g/mol. The Morgan fingerprint density at radius 1 is 1.30 bits per heavy atom. The van der Waals surface area contributed by atoms with Gasteiger partial charge in [0.25, 0.3) is 0 Å². The summed E-state index contributed by atoms with van der Waals surface area (Å²) in [5.74, 6) is -0.993. The lowest BCUT2D eigenvalue weighted by Crippen LogP contribution is -2.41. The molecular weight excluding hydrogens is 395 g/mol. The predicted octanol–water partition coefficient (Wildman–Crippen LogP) is 4.72. The molecule has 0 radical (unpaired) electrons. The minimum absolute atomic E-state index is 0.203. The zero-order valence-corrected chi connectivity index (χ0v) is 19.1. The Morgan fingerprint density at radius 3 is 2.33 bits per heavy atom. The van der Waals surface area contributed by atoms with E-state index in [0.29, 0.717) is 13.0 Å². The minimum Gasteiger partial charge on any atom is -0.598 e. The standard InChI is InChI=1S/C17H32F3N3O2SSi/c1-8-13(22-26(24)16(2,3)4)14-11-23(15(21-14)17(18,19)20)12-25-9-10-27(5,6)7/h11,13,22H,8-10,12H2,1-7H3/t13-,26?/m0/s1. The molecule has 0 spiro atoms. The Bertz CT molecular complexity index is 598. The van der Waals surface area contributed by atoms with Crippen LogP contribution in [-0.2, 0) is 29.0 Å². The number of nitrogens with one attached hydrogen (secondary N) is 1. The van der Waals surface area contributed by atoms with Crippen molar-refractivity contribution >= 4 is 19.4 Å². The summed E-state index contributed by atoms with van der Waals surface area (Å²) in [7, 11) is -1.32. The predicted molar refractivity (Wildman–Crippen MR) is 105 cm³/mol. The summed E-state index contributed by atoms with van der Waals surface area (Å²) in [6.07, 6.45) is -2.77. The number of hydrogen-bond acceptors (Lipinski definition) is 4. The van der Waals surface area contributed by atoms with E-state index in [1.54, 1.807) is 20.8 Å². The second-order valence-corrected chi connectivity index (χ2v) is 16.4. The lowest BCUT2D eigenvalue weighted by Gasteiger charge is -2.26. The van der Waals surface area contributed by atoms with Crippen molar-refractivity contribution in [2.75, 3.05) is 6.61 Å². The van der Waals surface area contributed by atoms with Crippen molar-refractivity contribution in [3.8, 4) is 0 Å². The Morgan fingerprint density at radius 2 is 1.89 bits per heavy atom. The van der Waals surface area contributed by atoms with E-state index in [4.69, 9.17) is 4.74 Å². The third-order valence-electron chi connectivity index (χ3n) is 3.85. The van der Waals surface area contributed by atoms with Crippen molar-refractivity contribution in [3.63, 3.8) is 0 Å². The van der Waals surface area contributed by atoms with Gasteiger partial charge in [0, 0.05) is 32.2 Å². The molecule has 0 aromatic carbocycles. The molecule has 0 aliphatic rings. The van der Waals surface area contributed by atoms with Crippen LogP contribution in [0, 0.1) is 0 Å². The van der Waals surface area contributed by atoms with Gasteiger partial charge in [-0.2, -0.15) is 13.2 Å². The number of nitrogens with zero attached hydrogens (tertiary/aromatic N) is 2. The van der Waals surface area contributed by atoms with Gasteiger partial charge < -0.3 is 13.9 Å². The van der Waals surface area contributed by atoms with Crippen molar-refractivity contribution in [3.05, 3.63) is 17.7 Å². The summed E-state index contributed by atoms with van der Waals surface area (Å²) >= 11 is -1.41. The van der Waals surface area contributed by atoms with Crippen molar-refractivity contribution in [1.29, 1.82) is 0 Å². The highest BCUT2D eigenvalue weighted by molar-refractivity contribution is 7.90. The second kappa shape index (κ2) is 9.30. The van der Waals surface area contributed by atoms with E-state index in [1.165, 1.54) is 6.20 Å². The third kappa shape index (κ3) is 8.14. The van der Waals surface area contributed by atoms with Crippen LogP contribution < -0.4 is 4.72 Å². The molecule has 1 aromatic heterocycles. The normalized spacial score (nSPS) is 15.8. The van der Waals surface area contributed by atoms with Gasteiger partial charge in [-0.3, -0.25) is 0 Å². The van der Waals surface area contributed by atoms with Crippen molar-refractivity contribution in [2.24, 2.45) is 0 Å². The van der Waals surface area contributed by atoms with Crippen LogP contribution in [0.25, 0.3) is 0 Å². The van der Waals surface area contributed by atoms with E-state index < -0.39 is 42.2 Å². The average molecular weight is 428 g/mol. The first kappa shape index (κ1) is 24.5. The van der Waals surface area contributed by atoms with E-state index >= 15 is 0 Å². The summed E-state index contributed by atoms with van der Waals surface area (Å²) in [6, 6.07) is 0.342. The zero-order chi connectivity index (χ0) is 21.0. The molecule has 1 heterocycles. The van der Waals surface area contributed by atoms with Gasteiger partial charge in [0.05, 0.1) is 11.7 Å². The third-order valence-corrected chi connectivity index (χ3v) is 7.16. The van der Waals surface area contributed by atoms with Gasteiger partial charge in [0.1, 0.15) is 11.5 Å². The molecule has 27 heavy (non-hydrogen) atoms. The van der Waals surface area contributed by atoms with E-state index in [9.17, 15) is 17.7 Å². The topological polar surface area (TPSA) is 62.1 Å². The summed E-state index contributed by atoms with van der Waals surface area (Å²) in [5.41, 5.74) is 0.219. The van der Waals surface area contributed by atoms with Crippen LogP contribution in [-0.4, -0.2) is 33.5 Å². The molecule has 1 unspecified atom stereocenters. The fourth-order valence-electron chi connectivity index (χ4n) is 2.13. The molecule has 2 atom stereocenters. The highest BCUT2D eigenvalue weighted by Gasteiger charge is 2.38. The minimum atomic E-state index is -4.58. The van der Waals surface area contributed by atoms with Gasteiger partial charge in [0.15, 0.2) is 0 Å². The Labute approximate surface area is 164 Å². The largest absolute Gasteiger partial charge is 0.598 e. The van der Waals surface area contributed by atoms with Crippen LogP contribution in [0.1, 0.15) is 51.7 Å². The molecule has 1 rings (SSSR count). The Kier molecular flexibility index (Phi) is 8.43. The van der Waals surface area contributed by atoms with E-state index in [2.05, 4.69) is 29.3 Å². The smallest absolute Gasteiger partial charge is 0.449 e. The van der Waals surface area contributed by atoms with Gasteiger partial charge in [-0.05, 0) is 33.2 Å². The summed E-state index contributed by atoms with van der Waals surface area (Å²) in [6.45, 7) is 14.0. The molecule has 158 valence electrons. The molecule has 0 saturated heterocycles. The highest BCUT2D eigenvalue weighted by Crippen LogP contribution is 2.31. The lowest BCUT2D eigenvalue weighted by atomic mass is 10.2. The second-order valence-electron chi connectivity index (χ2n) is 8.76. The van der Waals surface area contributed by atoms with Crippen LogP contribution in [0.15, 0.2) is 6.20 Å². The molecule has 1 aromatic rings. The lowest BCUT2D eigenvalue weighted by molar-refractivity contribution is -0.149. The Hall–Kier alpha value is -0.553. The SMILES string of the molecule is CC[C@H](N[S+]([O-])C(C)(C)C)c1cn(COCC[Si](C)(C)C)c(C(F)(F)F)n1. The first-order valence-corrected chi connectivity index (χ1v) is 13.9. The van der Waals surface area contributed by atoms with Gasteiger partial charge >= 0.3 is 6.18 Å². The first-order valence-electron chi connectivity index (χ1n) is 9.05. The number of ether oxygens (including phenoxy) is 1. The number of imidazole rings is 1. The van der Waals surface area contributed by atoms with Crippen LogP contribution in [0.5, 0.6) is 0 Å². The number of halogens is 3. The molecule has 10 heteroatoms. The van der Waals surface area contributed by atoms with Crippen LogP contribution in [0.2, 0.25) is 25.7 Å². The summed E-state index contributed by atoms with van der Waals surface area (Å²) in [4.78, 5) is 3.78. The zero-order valence-electron chi connectivity index (χ0n) is 17.2. The molecular formula is C17H32F3N3O2SSi. The molecule has 1 N–H and O–H groups in total. The number of aromatic nitrogens is 2. The van der Waals surface area contributed by atoms with Gasteiger partial charge in [-0.15, -0.1) is 4.72 Å². The Balaban J connectivity index is 2.96.